The Morgan fingerprint density at radius 1 is 0.857 bits per heavy atom. The standard InChI is InChI=1S/C17H19NO2S/c1-19-12-13-20-11-10-18-14-6-2-4-8-16(14)21-17-9-5-3-7-15(17)18/h2-9H,10-13H2,1H3. The lowest BCUT2D eigenvalue weighted by Gasteiger charge is -2.32. The predicted octanol–water partition coefficient (Wildman–Crippen LogP) is 3.95. The van der Waals surface area contributed by atoms with E-state index in [2.05, 4.69) is 53.4 Å². The molecule has 0 atom stereocenters. The number of rotatable bonds is 6. The van der Waals surface area contributed by atoms with E-state index in [1.165, 1.54) is 21.2 Å². The Labute approximate surface area is 129 Å². The summed E-state index contributed by atoms with van der Waals surface area (Å²) in [6, 6.07) is 17.1. The first-order chi connectivity index (χ1) is 10.4. The SMILES string of the molecule is COCCOCCN1c2ccccc2Sc2ccccc21. The quantitative estimate of drug-likeness (QED) is 0.753. The summed E-state index contributed by atoms with van der Waals surface area (Å²) in [5.41, 5.74) is 2.52. The number of hydrogen-bond acceptors (Lipinski definition) is 4. The molecular formula is C17H19NO2S. The van der Waals surface area contributed by atoms with Gasteiger partial charge in [0.05, 0.1) is 31.2 Å². The van der Waals surface area contributed by atoms with E-state index in [0.29, 0.717) is 19.8 Å². The maximum absolute atomic E-state index is 5.63. The summed E-state index contributed by atoms with van der Waals surface area (Å²) >= 11 is 1.83. The molecule has 1 aliphatic heterocycles. The van der Waals surface area contributed by atoms with Crippen LogP contribution in [-0.4, -0.2) is 33.5 Å². The van der Waals surface area contributed by atoms with Crippen molar-refractivity contribution in [2.24, 2.45) is 0 Å². The molecule has 0 unspecified atom stereocenters. The van der Waals surface area contributed by atoms with Crippen LogP contribution in [0.3, 0.4) is 0 Å². The number of para-hydroxylation sites is 2. The Kier molecular flexibility index (Phi) is 4.80. The Morgan fingerprint density at radius 3 is 2.10 bits per heavy atom. The van der Waals surface area contributed by atoms with Gasteiger partial charge in [-0.1, -0.05) is 36.0 Å². The molecule has 0 bridgehead atoms. The van der Waals surface area contributed by atoms with Crippen molar-refractivity contribution in [3.63, 3.8) is 0 Å². The van der Waals surface area contributed by atoms with Gasteiger partial charge in [0.2, 0.25) is 0 Å². The van der Waals surface area contributed by atoms with Crippen LogP contribution in [0.15, 0.2) is 58.3 Å². The fourth-order valence-electron chi connectivity index (χ4n) is 2.42. The number of benzene rings is 2. The smallest absolute Gasteiger partial charge is 0.0701 e. The average molecular weight is 301 g/mol. The predicted molar refractivity (Wildman–Crippen MR) is 86.7 cm³/mol. The monoisotopic (exact) mass is 301 g/mol. The molecule has 2 aromatic rings. The van der Waals surface area contributed by atoms with Gasteiger partial charge >= 0.3 is 0 Å². The minimum absolute atomic E-state index is 0.641. The van der Waals surface area contributed by atoms with Crippen LogP contribution in [0.2, 0.25) is 0 Å². The maximum atomic E-state index is 5.63. The molecule has 4 heteroatoms. The summed E-state index contributed by atoms with van der Waals surface area (Å²) in [5, 5.41) is 0. The molecule has 0 radical (unpaired) electrons. The number of methoxy groups -OCH3 is 1. The highest BCUT2D eigenvalue weighted by molar-refractivity contribution is 7.99. The number of hydrogen-bond donors (Lipinski definition) is 0. The third kappa shape index (κ3) is 3.23. The zero-order valence-corrected chi connectivity index (χ0v) is 12.9. The molecule has 0 N–H and O–H groups in total. The summed E-state index contributed by atoms with van der Waals surface area (Å²) in [6.45, 7) is 2.82. The molecule has 0 fully saturated rings. The van der Waals surface area contributed by atoms with Gasteiger partial charge in [-0.25, -0.2) is 0 Å². The molecule has 0 aromatic heterocycles. The van der Waals surface area contributed by atoms with Gasteiger partial charge in [0, 0.05) is 23.4 Å². The van der Waals surface area contributed by atoms with Crippen molar-refractivity contribution in [1.82, 2.24) is 0 Å². The number of fused-ring (bicyclic) bond motifs is 2. The van der Waals surface area contributed by atoms with E-state index in [4.69, 9.17) is 9.47 Å². The third-order valence-corrected chi connectivity index (χ3v) is 4.55. The van der Waals surface area contributed by atoms with E-state index in [9.17, 15) is 0 Å². The fourth-order valence-corrected chi connectivity index (χ4v) is 3.52. The van der Waals surface area contributed by atoms with Crippen molar-refractivity contribution < 1.29 is 9.47 Å². The highest BCUT2D eigenvalue weighted by atomic mass is 32.2. The topological polar surface area (TPSA) is 21.7 Å². The second kappa shape index (κ2) is 6.98. The largest absolute Gasteiger partial charge is 0.382 e. The van der Waals surface area contributed by atoms with Crippen LogP contribution in [0, 0.1) is 0 Å². The minimum Gasteiger partial charge on any atom is -0.382 e. The first-order valence-corrected chi connectivity index (χ1v) is 7.92. The lowest BCUT2D eigenvalue weighted by Crippen LogP contribution is -2.25. The molecule has 0 spiro atoms. The lowest BCUT2D eigenvalue weighted by atomic mass is 10.2. The van der Waals surface area contributed by atoms with Gasteiger partial charge in [0.15, 0.2) is 0 Å². The second-order valence-corrected chi connectivity index (χ2v) is 5.88. The van der Waals surface area contributed by atoms with E-state index in [0.717, 1.165) is 6.54 Å². The minimum atomic E-state index is 0.641. The normalized spacial score (nSPS) is 12.9. The molecule has 1 aliphatic rings. The molecule has 3 rings (SSSR count). The molecule has 1 heterocycles. The zero-order chi connectivity index (χ0) is 14.5. The number of anilines is 2. The fraction of sp³-hybridized carbons (Fsp3) is 0.294. The average Bonchev–Trinajstić information content (AvgIpc) is 2.53. The van der Waals surface area contributed by atoms with Gasteiger partial charge in [0.25, 0.3) is 0 Å². The van der Waals surface area contributed by atoms with Crippen LogP contribution >= 0.6 is 11.8 Å². The van der Waals surface area contributed by atoms with Crippen molar-refractivity contribution in [2.75, 3.05) is 38.4 Å². The molecule has 3 nitrogen and oxygen atoms in total. The van der Waals surface area contributed by atoms with E-state index in [-0.39, 0.29) is 0 Å². The van der Waals surface area contributed by atoms with Crippen molar-refractivity contribution >= 4 is 23.1 Å². The highest BCUT2D eigenvalue weighted by Crippen LogP contribution is 2.47. The van der Waals surface area contributed by atoms with Crippen LogP contribution in [0.25, 0.3) is 0 Å². The van der Waals surface area contributed by atoms with Gasteiger partial charge in [-0.05, 0) is 24.3 Å². The molecule has 0 saturated carbocycles. The Balaban J connectivity index is 1.78. The lowest BCUT2D eigenvalue weighted by molar-refractivity contribution is 0.0746. The maximum Gasteiger partial charge on any atom is 0.0701 e. The summed E-state index contributed by atoms with van der Waals surface area (Å²) in [6.07, 6.45) is 0. The van der Waals surface area contributed by atoms with E-state index in [1.807, 2.05) is 11.8 Å². The Hall–Kier alpha value is -1.49. The molecular weight excluding hydrogens is 282 g/mol. The van der Waals surface area contributed by atoms with Gasteiger partial charge < -0.3 is 14.4 Å². The summed E-state index contributed by atoms with van der Waals surface area (Å²) < 4.78 is 10.6. The molecule has 0 aliphatic carbocycles. The van der Waals surface area contributed by atoms with Crippen LogP contribution < -0.4 is 4.90 Å². The third-order valence-electron chi connectivity index (χ3n) is 3.42. The summed E-state index contributed by atoms with van der Waals surface area (Å²) in [5.74, 6) is 0. The summed E-state index contributed by atoms with van der Waals surface area (Å²) in [4.78, 5) is 4.94. The molecule has 21 heavy (non-hydrogen) atoms. The Morgan fingerprint density at radius 2 is 1.48 bits per heavy atom. The molecule has 2 aromatic carbocycles. The van der Waals surface area contributed by atoms with Crippen molar-refractivity contribution in [3.05, 3.63) is 48.5 Å². The first-order valence-electron chi connectivity index (χ1n) is 7.10. The van der Waals surface area contributed by atoms with Gasteiger partial charge in [-0.3, -0.25) is 0 Å². The van der Waals surface area contributed by atoms with Gasteiger partial charge in [0.1, 0.15) is 0 Å². The highest BCUT2D eigenvalue weighted by Gasteiger charge is 2.22. The van der Waals surface area contributed by atoms with Gasteiger partial charge in [-0.15, -0.1) is 0 Å². The number of nitrogens with zero attached hydrogens (tertiary/aromatic N) is 1. The summed E-state index contributed by atoms with van der Waals surface area (Å²) in [7, 11) is 1.69. The van der Waals surface area contributed by atoms with Crippen molar-refractivity contribution in [2.45, 2.75) is 9.79 Å². The van der Waals surface area contributed by atoms with E-state index < -0.39 is 0 Å². The van der Waals surface area contributed by atoms with Crippen LogP contribution in [-0.2, 0) is 9.47 Å². The Bertz CT molecular complexity index is 557. The van der Waals surface area contributed by atoms with E-state index >= 15 is 0 Å². The molecule has 0 saturated heterocycles. The molecule has 110 valence electrons. The second-order valence-electron chi connectivity index (χ2n) is 4.79. The van der Waals surface area contributed by atoms with Crippen LogP contribution in [0.1, 0.15) is 0 Å². The van der Waals surface area contributed by atoms with Crippen molar-refractivity contribution in [1.29, 1.82) is 0 Å². The zero-order valence-electron chi connectivity index (χ0n) is 12.1. The van der Waals surface area contributed by atoms with Crippen LogP contribution in [0.5, 0.6) is 0 Å². The van der Waals surface area contributed by atoms with Gasteiger partial charge in [-0.2, -0.15) is 0 Å². The van der Waals surface area contributed by atoms with E-state index in [1.54, 1.807) is 7.11 Å². The van der Waals surface area contributed by atoms with Crippen LogP contribution in [0.4, 0.5) is 11.4 Å². The number of ether oxygens (including phenoxy) is 2. The van der Waals surface area contributed by atoms with Crippen molar-refractivity contribution in [3.8, 4) is 0 Å². The first kappa shape index (κ1) is 14.4. The molecule has 0 amide bonds.